The van der Waals surface area contributed by atoms with Crippen LogP contribution in [-0.2, 0) is 19.1 Å². The molecule has 10 heteroatoms. The molecule has 27 heavy (non-hydrogen) atoms. The van der Waals surface area contributed by atoms with Crippen LogP contribution in [0.15, 0.2) is 30.6 Å². The van der Waals surface area contributed by atoms with Crippen molar-refractivity contribution in [3.63, 3.8) is 0 Å². The number of alkyl halides is 3. The Morgan fingerprint density at radius 2 is 1.96 bits per heavy atom. The molecule has 3 aromatic rings. The smallest absolute Gasteiger partial charge is 0.396 e. The lowest BCUT2D eigenvalue weighted by Crippen LogP contribution is -2.17. The summed E-state index contributed by atoms with van der Waals surface area (Å²) in [5.74, 6) is -0.820. The Bertz CT molecular complexity index is 984. The number of nitrogens with zero attached hydrogens (tertiary/aromatic N) is 4. The lowest BCUT2D eigenvalue weighted by Gasteiger charge is -2.12. The van der Waals surface area contributed by atoms with E-state index in [0.29, 0.717) is 13.0 Å². The third kappa shape index (κ3) is 3.90. The highest BCUT2D eigenvalue weighted by molar-refractivity contribution is 6.01. The minimum atomic E-state index is -4.52. The second-order valence-electron chi connectivity index (χ2n) is 5.87. The van der Waals surface area contributed by atoms with Gasteiger partial charge in [0.15, 0.2) is 11.3 Å². The molecule has 0 radical (unpaired) electrons. The van der Waals surface area contributed by atoms with E-state index < -0.39 is 17.6 Å². The molecule has 0 fully saturated rings. The Hall–Kier alpha value is -3.01. The number of imidazole rings is 1. The van der Waals surface area contributed by atoms with Crippen LogP contribution in [0.4, 0.5) is 13.2 Å². The van der Waals surface area contributed by atoms with E-state index in [9.17, 15) is 18.0 Å². The number of aliphatic hydroxyl groups is 1. The predicted molar refractivity (Wildman–Crippen MR) is 89.8 cm³/mol. The molecule has 0 aliphatic heterocycles. The van der Waals surface area contributed by atoms with Crippen LogP contribution in [0.3, 0.4) is 0 Å². The van der Waals surface area contributed by atoms with Gasteiger partial charge in [-0.1, -0.05) is 18.2 Å². The molecular weight excluding hydrogens is 363 g/mol. The lowest BCUT2D eigenvalue weighted by atomic mass is 10.0. The zero-order valence-corrected chi connectivity index (χ0v) is 14.1. The van der Waals surface area contributed by atoms with Gasteiger partial charge >= 0.3 is 6.18 Å². The highest BCUT2D eigenvalue weighted by Gasteiger charge is 2.33. The van der Waals surface area contributed by atoms with Gasteiger partial charge in [0.2, 0.25) is 0 Å². The Morgan fingerprint density at radius 1 is 1.22 bits per heavy atom. The fourth-order valence-corrected chi connectivity index (χ4v) is 2.77. The molecular formula is C17H16F3N5O2. The van der Waals surface area contributed by atoms with Crippen molar-refractivity contribution in [3.8, 4) is 0 Å². The van der Waals surface area contributed by atoms with Crippen molar-refractivity contribution >= 4 is 17.1 Å². The Morgan fingerprint density at radius 3 is 2.63 bits per heavy atom. The number of hydrogen-bond donors (Lipinski definition) is 2. The second kappa shape index (κ2) is 7.31. The van der Waals surface area contributed by atoms with Gasteiger partial charge in [0.05, 0.1) is 11.9 Å². The van der Waals surface area contributed by atoms with Crippen molar-refractivity contribution in [2.45, 2.75) is 25.6 Å². The maximum Gasteiger partial charge on any atom is 0.416 e. The van der Waals surface area contributed by atoms with Crippen molar-refractivity contribution in [1.29, 1.82) is 0 Å². The topological polar surface area (TPSA) is 107 Å². The first-order valence-corrected chi connectivity index (χ1v) is 8.08. The number of fused-ring (bicyclic) bond motifs is 1. The molecule has 7 nitrogen and oxygen atoms in total. The SMILES string of the molecule is NC(=O)c1nc(Cc2ccccc2C(F)(F)F)nc2c1ncn2CCCO. The Balaban J connectivity index is 2.09. The third-order valence-electron chi connectivity index (χ3n) is 3.97. The summed E-state index contributed by atoms with van der Waals surface area (Å²) >= 11 is 0. The number of benzene rings is 1. The van der Waals surface area contributed by atoms with Crippen LogP contribution in [0.2, 0.25) is 0 Å². The zero-order valence-electron chi connectivity index (χ0n) is 14.1. The third-order valence-corrected chi connectivity index (χ3v) is 3.97. The van der Waals surface area contributed by atoms with Gasteiger partial charge in [-0.25, -0.2) is 15.0 Å². The van der Waals surface area contributed by atoms with Crippen LogP contribution in [0, 0.1) is 0 Å². The number of aliphatic hydroxyl groups excluding tert-OH is 1. The van der Waals surface area contributed by atoms with E-state index >= 15 is 0 Å². The van der Waals surface area contributed by atoms with E-state index in [0.717, 1.165) is 6.07 Å². The number of rotatable bonds is 6. The van der Waals surface area contributed by atoms with Crippen molar-refractivity contribution in [2.75, 3.05) is 6.61 Å². The molecule has 0 aliphatic rings. The molecule has 2 heterocycles. The minimum Gasteiger partial charge on any atom is -0.396 e. The first-order valence-electron chi connectivity index (χ1n) is 8.08. The summed E-state index contributed by atoms with van der Waals surface area (Å²) in [6, 6.07) is 5.11. The summed E-state index contributed by atoms with van der Waals surface area (Å²) in [6.45, 7) is 0.319. The number of nitrogens with two attached hydrogens (primary N) is 1. The van der Waals surface area contributed by atoms with Crippen molar-refractivity contribution in [1.82, 2.24) is 19.5 Å². The molecule has 0 spiro atoms. The van der Waals surface area contributed by atoms with E-state index in [4.69, 9.17) is 10.8 Å². The first-order chi connectivity index (χ1) is 12.8. The average Bonchev–Trinajstić information content (AvgIpc) is 3.01. The van der Waals surface area contributed by atoms with Crippen LogP contribution in [0.25, 0.3) is 11.2 Å². The van der Waals surface area contributed by atoms with Crippen molar-refractivity contribution in [2.24, 2.45) is 5.73 Å². The molecule has 1 aromatic carbocycles. The fraction of sp³-hybridized carbons (Fsp3) is 0.294. The van der Waals surface area contributed by atoms with Gasteiger partial charge in [-0.2, -0.15) is 13.2 Å². The summed E-state index contributed by atoms with van der Waals surface area (Å²) in [5, 5.41) is 8.99. The van der Waals surface area contributed by atoms with Crippen molar-refractivity contribution in [3.05, 3.63) is 53.2 Å². The molecule has 0 bridgehead atoms. The molecule has 0 atom stereocenters. The maximum atomic E-state index is 13.2. The van der Waals surface area contributed by atoms with Gasteiger partial charge in [-0.15, -0.1) is 0 Å². The molecule has 0 saturated heterocycles. The first kappa shape index (κ1) is 18.8. The van der Waals surface area contributed by atoms with Crippen LogP contribution < -0.4 is 5.73 Å². The van der Waals surface area contributed by atoms with Gasteiger partial charge in [-0.3, -0.25) is 4.79 Å². The standard InChI is InChI=1S/C17H16F3N5O2/c18-17(19,20)11-5-2-1-4-10(11)8-12-23-13(15(21)27)14-16(24-12)25(9-22-14)6-3-7-26/h1-2,4-5,9,26H,3,6-8H2,(H2,21,27). The van der Waals surface area contributed by atoms with E-state index in [1.807, 2.05) is 0 Å². The molecule has 1 amide bonds. The van der Waals surface area contributed by atoms with Gasteiger partial charge < -0.3 is 15.4 Å². The predicted octanol–water partition coefficient (Wildman–Crippen LogP) is 1.92. The summed E-state index contributed by atoms with van der Waals surface area (Å²) < 4.78 is 41.2. The molecule has 3 rings (SSSR count). The van der Waals surface area contributed by atoms with Gasteiger partial charge in [0, 0.05) is 19.6 Å². The summed E-state index contributed by atoms with van der Waals surface area (Å²) in [4.78, 5) is 24.1. The Kier molecular flexibility index (Phi) is 5.08. The number of carbonyl (C=O) groups is 1. The number of hydrogen-bond acceptors (Lipinski definition) is 5. The van der Waals surface area contributed by atoms with Gasteiger partial charge in [0.1, 0.15) is 11.3 Å². The number of carbonyl (C=O) groups excluding carboxylic acids is 1. The van der Waals surface area contributed by atoms with Crippen molar-refractivity contribution < 1.29 is 23.1 Å². The molecule has 142 valence electrons. The number of primary amides is 1. The second-order valence-corrected chi connectivity index (χ2v) is 5.87. The largest absolute Gasteiger partial charge is 0.416 e. The minimum absolute atomic E-state index is 0.0128. The highest BCUT2D eigenvalue weighted by atomic mass is 19.4. The van der Waals surface area contributed by atoms with E-state index in [1.165, 1.54) is 24.5 Å². The summed E-state index contributed by atoms with van der Waals surface area (Å²) in [5.41, 5.74) is 4.86. The quantitative estimate of drug-likeness (QED) is 0.680. The van der Waals surface area contributed by atoms with Crippen LogP contribution in [0.5, 0.6) is 0 Å². The molecule has 2 aromatic heterocycles. The molecule has 0 aliphatic carbocycles. The monoisotopic (exact) mass is 379 g/mol. The van der Waals surface area contributed by atoms with Crippen LogP contribution in [0.1, 0.15) is 33.9 Å². The summed E-state index contributed by atoms with van der Waals surface area (Å²) in [7, 11) is 0. The Labute approximate surface area is 151 Å². The molecule has 3 N–H and O–H groups in total. The highest BCUT2D eigenvalue weighted by Crippen LogP contribution is 2.32. The average molecular weight is 379 g/mol. The fourth-order valence-electron chi connectivity index (χ4n) is 2.77. The number of amides is 1. The maximum absolute atomic E-state index is 13.2. The summed E-state index contributed by atoms with van der Waals surface area (Å²) in [6.07, 6.45) is -2.89. The molecule has 0 unspecified atom stereocenters. The number of halogens is 3. The molecule has 0 saturated carbocycles. The normalized spacial score (nSPS) is 11.9. The van der Waals surface area contributed by atoms with Gasteiger partial charge in [0.25, 0.3) is 5.91 Å². The number of aryl methyl sites for hydroxylation is 1. The number of aromatic nitrogens is 4. The van der Waals surface area contributed by atoms with Crippen LogP contribution >= 0.6 is 0 Å². The zero-order chi connectivity index (χ0) is 19.6. The van der Waals surface area contributed by atoms with E-state index in [1.54, 1.807) is 4.57 Å². The van der Waals surface area contributed by atoms with E-state index in [2.05, 4.69) is 15.0 Å². The van der Waals surface area contributed by atoms with Crippen LogP contribution in [-0.4, -0.2) is 37.1 Å². The van der Waals surface area contributed by atoms with E-state index in [-0.39, 0.29) is 41.3 Å². The van der Waals surface area contributed by atoms with Gasteiger partial charge in [-0.05, 0) is 18.1 Å². The lowest BCUT2D eigenvalue weighted by molar-refractivity contribution is -0.138.